The van der Waals surface area contributed by atoms with Gasteiger partial charge < -0.3 is 5.73 Å². The first-order valence-electron chi connectivity index (χ1n) is 5.31. The summed E-state index contributed by atoms with van der Waals surface area (Å²) >= 11 is 1.20. The maximum absolute atomic E-state index is 12.1. The van der Waals surface area contributed by atoms with Gasteiger partial charge in [-0.25, -0.2) is 0 Å². The lowest BCUT2D eigenvalue weighted by Gasteiger charge is -2.06. The van der Waals surface area contributed by atoms with E-state index in [0.717, 1.165) is 10.5 Å². The Morgan fingerprint density at radius 2 is 1.76 bits per heavy atom. The van der Waals surface area contributed by atoms with E-state index in [2.05, 4.69) is 0 Å². The lowest BCUT2D eigenvalue weighted by molar-refractivity contribution is 0.108. The fraction of sp³-hybridized carbons (Fsp3) is 0.0714. The molecule has 0 aliphatic rings. The van der Waals surface area contributed by atoms with Crippen LogP contribution in [0, 0.1) is 6.92 Å². The fourth-order valence-corrected chi connectivity index (χ4v) is 2.30. The van der Waals surface area contributed by atoms with Crippen molar-refractivity contribution in [3.8, 4) is 0 Å². The molecule has 0 unspecified atom stereocenters. The average Bonchev–Trinajstić information content (AvgIpc) is 2.34. The van der Waals surface area contributed by atoms with Crippen molar-refractivity contribution in [2.24, 2.45) is 0 Å². The van der Waals surface area contributed by atoms with Gasteiger partial charge >= 0.3 is 0 Å². The number of thioether (sulfide) groups is 1. The van der Waals surface area contributed by atoms with Gasteiger partial charge in [-0.2, -0.15) is 0 Å². The summed E-state index contributed by atoms with van der Waals surface area (Å²) in [5.74, 6) is 0. The monoisotopic (exact) mass is 243 g/mol. The van der Waals surface area contributed by atoms with Crippen LogP contribution in [0.1, 0.15) is 15.9 Å². The van der Waals surface area contributed by atoms with Gasteiger partial charge in [0.05, 0.1) is 5.56 Å². The van der Waals surface area contributed by atoms with Crippen molar-refractivity contribution in [3.05, 3.63) is 59.7 Å². The summed E-state index contributed by atoms with van der Waals surface area (Å²) in [7, 11) is 0. The van der Waals surface area contributed by atoms with Crippen molar-refractivity contribution in [1.82, 2.24) is 0 Å². The lowest BCUT2D eigenvalue weighted by atomic mass is 10.1. The number of aryl methyl sites for hydroxylation is 1. The molecule has 2 rings (SSSR count). The molecule has 2 nitrogen and oxygen atoms in total. The van der Waals surface area contributed by atoms with Gasteiger partial charge in [-0.15, -0.1) is 0 Å². The van der Waals surface area contributed by atoms with Crippen LogP contribution in [-0.4, -0.2) is 5.12 Å². The van der Waals surface area contributed by atoms with E-state index in [0.29, 0.717) is 11.3 Å². The molecule has 2 N–H and O–H groups in total. The van der Waals surface area contributed by atoms with E-state index in [-0.39, 0.29) is 5.12 Å². The molecule has 0 heterocycles. The highest BCUT2D eigenvalue weighted by molar-refractivity contribution is 8.14. The van der Waals surface area contributed by atoms with Gasteiger partial charge in [0.2, 0.25) is 5.12 Å². The molecule has 17 heavy (non-hydrogen) atoms. The van der Waals surface area contributed by atoms with Crippen LogP contribution >= 0.6 is 11.8 Å². The zero-order chi connectivity index (χ0) is 12.3. The van der Waals surface area contributed by atoms with Crippen LogP contribution in [0.25, 0.3) is 0 Å². The molecule has 2 aromatic carbocycles. The molecule has 0 aliphatic heterocycles. The van der Waals surface area contributed by atoms with Crippen molar-refractivity contribution >= 4 is 22.6 Å². The van der Waals surface area contributed by atoms with Crippen molar-refractivity contribution in [3.63, 3.8) is 0 Å². The molecular weight excluding hydrogens is 230 g/mol. The second kappa shape index (κ2) is 5.06. The summed E-state index contributed by atoms with van der Waals surface area (Å²) in [6.45, 7) is 1.90. The topological polar surface area (TPSA) is 43.1 Å². The van der Waals surface area contributed by atoms with Crippen LogP contribution in [0.3, 0.4) is 0 Å². The van der Waals surface area contributed by atoms with E-state index in [9.17, 15) is 4.79 Å². The van der Waals surface area contributed by atoms with Gasteiger partial charge in [-0.05, 0) is 42.4 Å². The molecule has 0 aliphatic carbocycles. The third kappa shape index (κ3) is 2.68. The number of nitrogen functional groups attached to an aromatic ring is 1. The van der Waals surface area contributed by atoms with Crippen molar-refractivity contribution < 1.29 is 4.79 Å². The van der Waals surface area contributed by atoms with Crippen molar-refractivity contribution in [2.45, 2.75) is 11.8 Å². The second-order valence-corrected chi connectivity index (χ2v) is 4.79. The van der Waals surface area contributed by atoms with Crippen molar-refractivity contribution in [1.29, 1.82) is 0 Å². The Labute approximate surface area is 105 Å². The molecule has 2 aromatic rings. The highest BCUT2D eigenvalue weighted by atomic mass is 32.2. The number of nitrogens with two attached hydrogens (primary N) is 1. The van der Waals surface area contributed by atoms with Crippen LogP contribution in [0.15, 0.2) is 53.4 Å². The normalized spacial score (nSPS) is 10.2. The van der Waals surface area contributed by atoms with E-state index >= 15 is 0 Å². The van der Waals surface area contributed by atoms with Gasteiger partial charge in [0.15, 0.2) is 0 Å². The van der Waals surface area contributed by atoms with Crippen LogP contribution in [0.4, 0.5) is 5.69 Å². The number of carbonyl (C=O) groups excluding carboxylic acids is 1. The number of hydrogen-bond donors (Lipinski definition) is 1. The van der Waals surface area contributed by atoms with Gasteiger partial charge in [0.25, 0.3) is 0 Å². The van der Waals surface area contributed by atoms with Crippen molar-refractivity contribution in [2.75, 3.05) is 5.73 Å². The lowest BCUT2D eigenvalue weighted by Crippen LogP contribution is -2.01. The Hall–Kier alpha value is -1.74. The molecule has 0 radical (unpaired) electrons. The number of hydrogen-bond acceptors (Lipinski definition) is 3. The fourth-order valence-electron chi connectivity index (χ4n) is 1.51. The van der Waals surface area contributed by atoms with Crippen LogP contribution in [0.5, 0.6) is 0 Å². The Balaban J connectivity index is 2.24. The first-order chi connectivity index (χ1) is 8.18. The minimum absolute atomic E-state index is 0.0163. The van der Waals surface area contributed by atoms with E-state index in [1.54, 1.807) is 6.07 Å². The minimum atomic E-state index is -0.0163. The molecule has 3 heteroatoms. The van der Waals surface area contributed by atoms with Crippen LogP contribution in [0.2, 0.25) is 0 Å². The van der Waals surface area contributed by atoms with E-state index < -0.39 is 0 Å². The standard InChI is InChI=1S/C14H13NOS/c1-10-6-5-9-12(13(10)15)14(16)17-11-7-3-2-4-8-11/h2-9H,15H2,1H3. The summed E-state index contributed by atoms with van der Waals surface area (Å²) in [5, 5.41) is -0.0163. The highest BCUT2D eigenvalue weighted by Gasteiger charge is 2.12. The molecule has 0 amide bonds. The predicted molar refractivity (Wildman–Crippen MR) is 72.2 cm³/mol. The molecule has 0 saturated heterocycles. The van der Waals surface area contributed by atoms with Crippen LogP contribution < -0.4 is 5.73 Å². The minimum Gasteiger partial charge on any atom is -0.398 e. The number of rotatable bonds is 2. The molecular formula is C14H13NOS. The molecule has 86 valence electrons. The van der Waals surface area contributed by atoms with Gasteiger partial charge in [-0.1, -0.05) is 30.3 Å². The zero-order valence-electron chi connectivity index (χ0n) is 9.51. The van der Waals surface area contributed by atoms with Gasteiger partial charge in [0.1, 0.15) is 0 Å². The summed E-state index contributed by atoms with van der Waals surface area (Å²) in [6.07, 6.45) is 0. The SMILES string of the molecule is Cc1cccc(C(=O)Sc2ccccc2)c1N. The van der Waals surface area contributed by atoms with Gasteiger partial charge in [0, 0.05) is 10.6 Å². The van der Waals surface area contributed by atoms with Crippen LogP contribution in [-0.2, 0) is 0 Å². The smallest absolute Gasteiger partial charge is 0.226 e. The third-order valence-corrected chi connectivity index (χ3v) is 3.41. The third-order valence-electron chi connectivity index (χ3n) is 2.50. The molecule has 0 spiro atoms. The Bertz CT molecular complexity index is 537. The number of anilines is 1. The number of carbonyl (C=O) groups is 1. The molecule has 0 aromatic heterocycles. The molecule has 0 bridgehead atoms. The zero-order valence-corrected chi connectivity index (χ0v) is 10.3. The maximum atomic E-state index is 12.1. The first-order valence-corrected chi connectivity index (χ1v) is 6.12. The second-order valence-electron chi connectivity index (χ2n) is 3.74. The summed E-state index contributed by atoms with van der Waals surface area (Å²) in [4.78, 5) is 13.0. The van der Waals surface area contributed by atoms with E-state index in [4.69, 9.17) is 5.73 Å². The Kier molecular flexibility index (Phi) is 3.49. The predicted octanol–water partition coefficient (Wildman–Crippen LogP) is 3.51. The average molecular weight is 243 g/mol. The Morgan fingerprint density at radius 3 is 2.47 bits per heavy atom. The first kappa shape index (κ1) is 11.7. The number of benzene rings is 2. The maximum Gasteiger partial charge on any atom is 0.226 e. The van der Waals surface area contributed by atoms with E-state index in [1.165, 1.54) is 11.8 Å². The largest absolute Gasteiger partial charge is 0.398 e. The molecule has 0 fully saturated rings. The summed E-state index contributed by atoms with van der Waals surface area (Å²) in [5.41, 5.74) is 7.99. The number of para-hydroxylation sites is 1. The Morgan fingerprint density at radius 1 is 1.06 bits per heavy atom. The summed E-state index contributed by atoms with van der Waals surface area (Å²) < 4.78 is 0. The molecule has 0 atom stereocenters. The molecule has 0 saturated carbocycles. The quantitative estimate of drug-likeness (QED) is 0.648. The highest BCUT2D eigenvalue weighted by Crippen LogP contribution is 2.26. The summed E-state index contributed by atoms with van der Waals surface area (Å²) in [6, 6.07) is 15.1. The van der Waals surface area contributed by atoms with Gasteiger partial charge in [-0.3, -0.25) is 4.79 Å². The van der Waals surface area contributed by atoms with E-state index in [1.807, 2.05) is 49.4 Å².